The molecule has 0 bridgehead atoms. The van der Waals surface area contributed by atoms with E-state index in [9.17, 15) is 4.79 Å². The molecule has 0 radical (unpaired) electrons. The number of aromatic nitrogens is 2. The molecule has 1 amide bonds. The highest BCUT2D eigenvalue weighted by Gasteiger charge is 2.27. The quantitative estimate of drug-likeness (QED) is 0.919. The fourth-order valence-electron chi connectivity index (χ4n) is 3.59. The first-order valence-corrected chi connectivity index (χ1v) is 9.29. The normalized spacial score (nSPS) is 20.1. The maximum absolute atomic E-state index is 11.4. The van der Waals surface area contributed by atoms with E-state index in [-0.39, 0.29) is 11.9 Å². The predicted octanol–water partition coefficient (Wildman–Crippen LogP) is 3.42. The van der Waals surface area contributed by atoms with E-state index >= 15 is 0 Å². The molecule has 1 aliphatic heterocycles. The fourth-order valence-corrected chi connectivity index (χ4v) is 3.59. The third-order valence-electron chi connectivity index (χ3n) is 5.25. The van der Waals surface area contributed by atoms with Crippen LogP contribution in [-0.4, -0.2) is 35.0 Å². The van der Waals surface area contributed by atoms with E-state index in [0.29, 0.717) is 5.92 Å². The summed E-state index contributed by atoms with van der Waals surface area (Å²) in [4.78, 5) is 23.0. The molecule has 138 valence electrons. The Bertz CT molecular complexity index is 818. The Morgan fingerprint density at radius 3 is 2.58 bits per heavy atom. The lowest BCUT2D eigenvalue weighted by Gasteiger charge is -2.38. The third-order valence-corrected chi connectivity index (χ3v) is 5.25. The second-order valence-corrected chi connectivity index (χ2v) is 7.48. The van der Waals surface area contributed by atoms with E-state index in [1.807, 2.05) is 6.92 Å². The average molecular weight is 352 g/mol. The molecule has 1 aromatic heterocycles. The van der Waals surface area contributed by atoms with Crippen molar-refractivity contribution in [2.75, 3.05) is 18.0 Å². The van der Waals surface area contributed by atoms with Crippen LogP contribution in [0, 0.1) is 26.7 Å². The van der Waals surface area contributed by atoms with Crippen LogP contribution in [0.5, 0.6) is 0 Å². The first-order chi connectivity index (χ1) is 12.3. The molecular formula is C21H28N4O. The first kappa shape index (κ1) is 18.4. The maximum atomic E-state index is 11.4. The van der Waals surface area contributed by atoms with Crippen LogP contribution in [0.1, 0.15) is 37.2 Å². The first-order valence-electron chi connectivity index (χ1n) is 9.29. The number of aryl methyl sites for hydroxylation is 3. The Morgan fingerprint density at radius 2 is 1.92 bits per heavy atom. The Labute approximate surface area is 155 Å². The summed E-state index contributed by atoms with van der Waals surface area (Å²) in [5.74, 6) is 2.18. The number of nitrogens with zero attached hydrogens (tertiary/aromatic N) is 3. The van der Waals surface area contributed by atoms with Crippen molar-refractivity contribution in [2.45, 2.75) is 47.1 Å². The molecule has 1 fully saturated rings. The van der Waals surface area contributed by atoms with E-state index < -0.39 is 0 Å². The van der Waals surface area contributed by atoms with Crippen LogP contribution in [0.4, 0.5) is 5.82 Å². The largest absolute Gasteiger partial charge is 0.356 e. The smallest absolute Gasteiger partial charge is 0.217 e. The van der Waals surface area contributed by atoms with Gasteiger partial charge in [0, 0.05) is 37.7 Å². The topological polar surface area (TPSA) is 58.1 Å². The van der Waals surface area contributed by atoms with Gasteiger partial charge >= 0.3 is 0 Å². The molecule has 0 spiro atoms. The van der Waals surface area contributed by atoms with Crippen molar-refractivity contribution in [3.05, 3.63) is 41.2 Å². The molecule has 1 saturated heterocycles. The minimum Gasteiger partial charge on any atom is -0.356 e. The van der Waals surface area contributed by atoms with Crippen molar-refractivity contribution in [2.24, 2.45) is 5.92 Å². The van der Waals surface area contributed by atoms with Gasteiger partial charge in [-0.2, -0.15) is 0 Å². The van der Waals surface area contributed by atoms with Crippen LogP contribution in [0.15, 0.2) is 24.3 Å². The fraction of sp³-hybridized carbons (Fsp3) is 0.476. The van der Waals surface area contributed by atoms with Gasteiger partial charge in [0.2, 0.25) is 5.91 Å². The van der Waals surface area contributed by atoms with Gasteiger partial charge in [-0.1, -0.05) is 19.1 Å². The van der Waals surface area contributed by atoms with E-state index in [0.717, 1.165) is 42.4 Å². The second-order valence-electron chi connectivity index (χ2n) is 7.48. The lowest BCUT2D eigenvalue weighted by molar-refractivity contribution is -0.120. The third kappa shape index (κ3) is 4.03. The Balaban J connectivity index is 1.84. The van der Waals surface area contributed by atoms with Gasteiger partial charge in [0.25, 0.3) is 0 Å². The number of amides is 1. The van der Waals surface area contributed by atoms with Crippen molar-refractivity contribution in [1.29, 1.82) is 0 Å². The van der Waals surface area contributed by atoms with Crippen LogP contribution in [0.2, 0.25) is 0 Å². The lowest BCUT2D eigenvalue weighted by Crippen LogP contribution is -2.49. The summed E-state index contributed by atoms with van der Waals surface area (Å²) < 4.78 is 0. The van der Waals surface area contributed by atoms with Crippen LogP contribution < -0.4 is 10.2 Å². The number of piperidine rings is 1. The minimum absolute atomic E-state index is 0.0465. The van der Waals surface area contributed by atoms with Gasteiger partial charge in [0.15, 0.2) is 0 Å². The van der Waals surface area contributed by atoms with Gasteiger partial charge in [-0.3, -0.25) is 4.79 Å². The van der Waals surface area contributed by atoms with Gasteiger partial charge in [-0.25, -0.2) is 9.97 Å². The summed E-state index contributed by atoms with van der Waals surface area (Å²) in [6.45, 7) is 11.7. The summed E-state index contributed by atoms with van der Waals surface area (Å²) in [7, 11) is 0. The van der Waals surface area contributed by atoms with Crippen molar-refractivity contribution in [3.63, 3.8) is 0 Å². The molecule has 0 unspecified atom stereocenters. The Kier molecular flexibility index (Phi) is 5.25. The summed E-state index contributed by atoms with van der Waals surface area (Å²) >= 11 is 0. The molecule has 5 nitrogen and oxygen atoms in total. The van der Waals surface area contributed by atoms with E-state index in [4.69, 9.17) is 0 Å². The number of rotatable bonds is 3. The molecule has 0 saturated carbocycles. The van der Waals surface area contributed by atoms with Crippen molar-refractivity contribution in [1.82, 2.24) is 15.3 Å². The number of hydrogen-bond acceptors (Lipinski definition) is 4. The van der Waals surface area contributed by atoms with Crippen molar-refractivity contribution < 1.29 is 4.79 Å². The zero-order valence-electron chi connectivity index (χ0n) is 16.3. The van der Waals surface area contributed by atoms with Crippen LogP contribution in [-0.2, 0) is 4.79 Å². The van der Waals surface area contributed by atoms with Crippen molar-refractivity contribution in [3.8, 4) is 11.3 Å². The van der Waals surface area contributed by atoms with E-state index in [2.05, 4.69) is 65.2 Å². The van der Waals surface area contributed by atoms with Crippen LogP contribution in [0.3, 0.4) is 0 Å². The van der Waals surface area contributed by atoms with Gasteiger partial charge in [-0.15, -0.1) is 0 Å². The van der Waals surface area contributed by atoms with E-state index in [1.165, 1.54) is 11.1 Å². The van der Waals surface area contributed by atoms with Crippen LogP contribution in [0.25, 0.3) is 11.3 Å². The number of carbonyl (C=O) groups is 1. The minimum atomic E-state index is 0.0465. The molecule has 26 heavy (non-hydrogen) atoms. The van der Waals surface area contributed by atoms with Gasteiger partial charge in [-0.05, 0) is 50.3 Å². The Hall–Kier alpha value is -2.43. The molecule has 2 aromatic rings. The summed E-state index contributed by atoms with van der Waals surface area (Å²) in [6, 6.07) is 8.78. The molecule has 1 aliphatic rings. The average Bonchev–Trinajstić information content (AvgIpc) is 2.58. The number of anilines is 1. The highest BCUT2D eigenvalue weighted by molar-refractivity contribution is 5.73. The molecule has 3 rings (SSSR count). The lowest BCUT2D eigenvalue weighted by atomic mass is 9.93. The molecule has 1 aromatic carbocycles. The molecule has 1 N–H and O–H groups in total. The highest BCUT2D eigenvalue weighted by Crippen LogP contribution is 2.27. The summed E-state index contributed by atoms with van der Waals surface area (Å²) in [6.07, 6.45) is 0.933. The zero-order valence-corrected chi connectivity index (χ0v) is 16.3. The van der Waals surface area contributed by atoms with Gasteiger partial charge in [0.05, 0.1) is 5.69 Å². The van der Waals surface area contributed by atoms with Gasteiger partial charge in [0.1, 0.15) is 11.6 Å². The zero-order chi connectivity index (χ0) is 18.8. The molecule has 2 atom stereocenters. The highest BCUT2D eigenvalue weighted by atomic mass is 16.1. The predicted molar refractivity (Wildman–Crippen MR) is 105 cm³/mol. The molecule has 2 heterocycles. The number of hydrogen-bond donors (Lipinski definition) is 1. The Morgan fingerprint density at radius 1 is 1.15 bits per heavy atom. The van der Waals surface area contributed by atoms with Crippen LogP contribution >= 0.6 is 0 Å². The second kappa shape index (κ2) is 7.44. The maximum Gasteiger partial charge on any atom is 0.217 e. The number of benzene rings is 1. The molecule has 5 heteroatoms. The van der Waals surface area contributed by atoms with Crippen molar-refractivity contribution >= 4 is 11.7 Å². The molecular weight excluding hydrogens is 324 g/mol. The van der Waals surface area contributed by atoms with E-state index in [1.54, 1.807) is 6.92 Å². The molecule has 0 aliphatic carbocycles. The summed E-state index contributed by atoms with van der Waals surface area (Å²) in [5.41, 5.74) is 4.65. The monoisotopic (exact) mass is 352 g/mol. The SMILES string of the molecule is CC(=O)N[C@H]1CCN(c2cc(-c3ccc(C)c(C)c3)nc(C)n2)C[C@@H]1C. The number of nitrogens with one attached hydrogen (secondary N) is 1. The van der Waals surface area contributed by atoms with Gasteiger partial charge < -0.3 is 10.2 Å². The number of carbonyl (C=O) groups excluding carboxylic acids is 1. The standard InChI is InChI=1S/C21H28N4O/c1-13-6-7-18(10-14(13)2)20-11-21(23-16(4)22-20)25-9-8-19(15(3)12-25)24-17(5)26/h6-7,10-11,15,19H,8-9,12H2,1-5H3,(H,24,26)/t15-,19-/m0/s1. The summed E-state index contributed by atoms with van der Waals surface area (Å²) in [5, 5.41) is 3.07.